The molecule has 0 amide bonds. The molecule has 1 fully saturated rings. The highest BCUT2D eigenvalue weighted by Crippen LogP contribution is 2.45. The molecule has 3 rings (SSSR count). The Morgan fingerprint density at radius 1 is 1.35 bits per heavy atom. The van der Waals surface area contributed by atoms with Crippen molar-refractivity contribution in [2.45, 2.75) is 25.7 Å². The highest BCUT2D eigenvalue weighted by atomic mass is 15.2. The molecule has 0 aliphatic heterocycles. The Labute approximate surface area is 100 Å². The summed E-state index contributed by atoms with van der Waals surface area (Å²) in [4.78, 5) is 4.04. The summed E-state index contributed by atoms with van der Waals surface area (Å²) >= 11 is 0. The fourth-order valence-electron chi connectivity index (χ4n) is 2.35. The van der Waals surface area contributed by atoms with Gasteiger partial charge in [-0.1, -0.05) is 6.92 Å². The first-order valence-electron chi connectivity index (χ1n) is 6.01. The van der Waals surface area contributed by atoms with Crippen molar-refractivity contribution >= 4 is 5.82 Å². The fraction of sp³-hybridized carbons (Fsp3) is 0.385. The van der Waals surface area contributed by atoms with Crippen LogP contribution in [-0.4, -0.2) is 15.2 Å². The SMILES string of the molecule is CC(c1[nH]nc(N)c1-c1ccncc1)C1CC1. The van der Waals surface area contributed by atoms with Gasteiger partial charge in [0.15, 0.2) is 5.82 Å². The van der Waals surface area contributed by atoms with E-state index in [-0.39, 0.29) is 0 Å². The quantitative estimate of drug-likeness (QED) is 0.848. The zero-order chi connectivity index (χ0) is 11.8. The zero-order valence-electron chi connectivity index (χ0n) is 9.85. The lowest BCUT2D eigenvalue weighted by Crippen LogP contribution is -1.99. The van der Waals surface area contributed by atoms with Crippen molar-refractivity contribution < 1.29 is 0 Å². The molecule has 17 heavy (non-hydrogen) atoms. The molecule has 0 bridgehead atoms. The first kappa shape index (κ1) is 10.3. The smallest absolute Gasteiger partial charge is 0.153 e. The number of aromatic nitrogens is 3. The van der Waals surface area contributed by atoms with E-state index in [1.807, 2.05) is 12.1 Å². The van der Waals surface area contributed by atoms with E-state index < -0.39 is 0 Å². The lowest BCUT2D eigenvalue weighted by Gasteiger charge is -2.10. The van der Waals surface area contributed by atoms with Crippen LogP contribution in [0, 0.1) is 5.92 Å². The number of nitrogens with two attached hydrogens (primary N) is 1. The monoisotopic (exact) mass is 228 g/mol. The van der Waals surface area contributed by atoms with E-state index in [9.17, 15) is 0 Å². The number of hydrogen-bond acceptors (Lipinski definition) is 3. The number of nitrogens with one attached hydrogen (secondary N) is 1. The van der Waals surface area contributed by atoms with Gasteiger partial charge in [-0.2, -0.15) is 5.10 Å². The topological polar surface area (TPSA) is 67.6 Å². The number of aromatic amines is 1. The first-order chi connectivity index (χ1) is 8.27. The predicted octanol–water partition coefficient (Wildman–Crippen LogP) is 2.57. The minimum Gasteiger partial charge on any atom is -0.382 e. The first-order valence-corrected chi connectivity index (χ1v) is 6.01. The molecule has 1 aliphatic rings. The van der Waals surface area contributed by atoms with Gasteiger partial charge in [0.25, 0.3) is 0 Å². The van der Waals surface area contributed by atoms with Crippen molar-refractivity contribution in [3.8, 4) is 11.1 Å². The van der Waals surface area contributed by atoms with E-state index in [0.29, 0.717) is 11.7 Å². The molecule has 2 heterocycles. The molecule has 3 N–H and O–H groups in total. The van der Waals surface area contributed by atoms with Crippen LogP contribution in [0.4, 0.5) is 5.82 Å². The van der Waals surface area contributed by atoms with Gasteiger partial charge in [0.1, 0.15) is 0 Å². The number of nitrogen functional groups attached to an aromatic ring is 1. The van der Waals surface area contributed by atoms with Crippen molar-refractivity contribution in [3.05, 3.63) is 30.2 Å². The Morgan fingerprint density at radius 3 is 2.71 bits per heavy atom. The number of rotatable bonds is 3. The van der Waals surface area contributed by atoms with E-state index in [4.69, 9.17) is 5.73 Å². The standard InChI is InChI=1S/C13H16N4/c1-8(9-2-3-9)12-11(13(14)17-16-12)10-4-6-15-7-5-10/h4-9H,2-3H2,1H3,(H3,14,16,17). The van der Waals surface area contributed by atoms with Gasteiger partial charge in [-0.15, -0.1) is 0 Å². The van der Waals surface area contributed by atoms with E-state index in [1.54, 1.807) is 12.4 Å². The summed E-state index contributed by atoms with van der Waals surface area (Å²) in [5, 5.41) is 7.25. The number of anilines is 1. The van der Waals surface area contributed by atoms with Gasteiger partial charge in [-0.05, 0) is 36.5 Å². The normalized spacial score (nSPS) is 17.0. The molecule has 88 valence electrons. The molecule has 1 unspecified atom stereocenters. The zero-order valence-corrected chi connectivity index (χ0v) is 9.85. The average molecular weight is 228 g/mol. The summed E-state index contributed by atoms with van der Waals surface area (Å²) in [7, 11) is 0. The lowest BCUT2D eigenvalue weighted by atomic mass is 9.95. The van der Waals surface area contributed by atoms with Crippen molar-refractivity contribution in [3.63, 3.8) is 0 Å². The molecular formula is C13H16N4. The van der Waals surface area contributed by atoms with Crippen LogP contribution in [-0.2, 0) is 0 Å². The Hall–Kier alpha value is -1.84. The van der Waals surface area contributed by atoms with Crippen LogP contribution >= 0.6 is 0 Å². The van der Waals surface area contributed by atoms with Gasteiger partial charge in [-0.3, -0.25) is 10.1 Å². The van der Waals surface area contributed by atoms with E-state index >= 15 is 0 Å². The van der Waals surface area contributed by atoms with E-state index in [0.717, 1.165) is 22.7 Å². The number of hydrogen-bond donors (Lipinski definition) is 2. The number of H-pyrrole nitrogens is 1. The largest absolute Gasteiger partial charge is 0.382 e. The minimum absolute atomic E-state index is 0.503. The van der Waals surface area contributed by atoms with Crippen molar-refractivity contribution in [1.29, 1.82) is 0 Å². The van der Waals surface area contributed by atoms with Crippen LogP contribution in [0.1, 0.15) is 31.4 Å². The summed E-state index contributed by atoms with van der Waals surface area (Å²) < 4.78 is 0. The third-order valence-corrected chi connectivity index (χ3v) is 3.58. The maximum atomic E-state index is 5.97. The number of nitrogens with zero attached hydrogens (tertiary/aromatic N) is 2. The van der Waals surface area contributed by atoms with Crippen LogP contribution in [0.25, 0.3) is 11.1 Å². The van der Waals surface area contributed by atoms with Gasteiger partial charge in [0.2, 0.25) is 0 Å². The van der Waals surface area contributed by atoms with Crippen LogP contribution in [0.3, 0.4) is 0 Å². The van der Waals surface area contributed by atoms with Crippen LogP contribution in [0.15, 0.2) is 24.5 Å². The van der Waals surface area contributed by atoms with Crippen LogP contribution in [0.5, 0.6) is 0 Å². The summed E-state index contributed by atoms with van der Waals surface area (Å²) in [6.45, 7) is 2.25. The van der Waals surface area contributed by atoms with Gasteiger partial charge in [0.05, 0.1) is 0 Å². The molecule has 0 saturated heterocycles. The maximum Gasteiger partial charge on any atom is 0.153 e. The Morgan fingerprint density at radius 2 is 2.06 bits per heavy atom. The molecule has 1 aliphatic carbocycles. The Kier molecular flexibility index (Phi) is 2.35. The van der Waals surface area contributed by atoms with Crippen LogP contribution < -0.4 is 5.73 Å². The highest BCUT2D eigenvalue weighted by Gasteiger charge is 2.32. The van der Waals surface area contributed by atoms with Gasteiger partial charge in [0, 0.05) is 29.6 Å². The second kappa shape index (κ2) is 3.87. The minimum atomic E-state index is 0.503. The summed E-state index contributed by atoms with van der Waals surface area (Å²) in [5.41, 5.74) is 9.27. The second-order valence-corrected chi connectivity index (χ2v) is 4.76. The Bertz CT molecular complexity index is 513. The van der Waals surface area contributed by atoms with Crippen molar-refractivity contribution in [2.75, 3.05) is 5.73 Å². The lowest BCUT2D eigenvalue weighted by molar-refractivity contribution is 0.642. The third kappa shape index (κ3) is 1.79. The Balaban J connectivity index is 2.06. The maximum absolute atomic E-state index is 5.97. The third-order valence-electron chi connectivity index (χ3n) is 3.58. The molecule has 4 heteroatoms. The van der Waals surface area contributed by atoms with Gasteiger partial charge in [-0.25, -0.2) is 0 Å². The highest BCUT2D eigenvalue weighted by molar-refractivity contribution is 5.76. The number of pyridine rings is 1. The van der Waals surface area contributed by atoms with E-state index in [2.05, 4.69) is 22.1 Å². The van der Waals surface area contributed by atoms with Gasteiger partial charge >= 0.3 is 0 Å². The molecular weight excluding hydrogens is 212 g/mol. The molecule has 4 nitrogen and oxygen atoms in total. The average Bonchev–Trinajstić information content (AvgIpc) is 3.13. The van der Waals surface area contributed by atoms with Crippen molar-refractivity contribution in [1.82, 2.24) is 15.2 Å². The van der Waals surface area contributed by atoms with Crippen molar-refractivity contribution in [2.24, 2.45) is 5.92 Å². The molecule has 2 aromatic heterocycles. The van der Waals surface area contributed by atoms with Crippen LogP contribution in [0.2, 0.25) is 0 Å². The van der Waals surface area contributed by atoms with Gasteiger partial charge < -0.3 is 5.73 Å². The predicted molar refractivity (Wildman–Crippen MR) is 67.4 cm³/mol. The molecule has 0 spiro atoms. The fourth-order valence-corrected chi connectivity index (χ4v) is 2.35. The van der Waals surface area contributed by atoms with E-state index in [1.165, 1.54) is 12.8 Å². The second-order valence-electron chi connectivity index (χ2n) is 4.76. The molecule has 2 aromatic rings. The summed E-state index contributed by atoms with van der Waals surface area (Å²) in [6.07, 6.45) is 6.20. The molecule has 1 atom stereocenters. The summed E-state index contributed by atoms with van der Waals surface area (Å²) in [5.74, 6) is 1.87. The molecule has 1 saturated carbocycles. The molecule has 0 radical (unpaired) electrons. The molecule has 0 aromatic carbocycles. The summed E-state index contributed by atoms with van der Waals surface area (Å²) in [6, 6.07) is 3.95.